The number of benzene rings is 2. The summed E-state index contributed by atoms with van der Waals surface area (Å²) in [5, 5.41) is 5.49. The van der Waals surface area contributed by atoms with Gasteiger partial charge in [-0.05, 0) is 54.8 Å². The summed E-state index contributed by atoms with van der Waals surface area (Å²) in [6, 6.07) is 9.40. The molecule has 1 heterocycles. The number of hydrogen-bond acceptors (Lipinski definition) is 2. The fourth-order valence-electron chi connectivity index (χ4n) is 2.45. The SMILES string of the molecule is Cc1ccc(F)cc1NC(=O)c1ccc2c(c1)CCC(=O)N2. The molecular formula is C17H15FN2O2. The number of carbonyl (C=O) groups excluding carboxylic acids is 2. The molecule has 0 aromatic heterocycles. The van der Waals surface area contributed by atoms with E-state index in [9.17, 15) is 14.0 Å². The molecule has 1 aliphatic heterocycles. The molecule has 0 bridgehead atoms. The number of aryl methyl sites for hydroxylation is 2. The van der Waals surface area contributed by atoms with Crippen molar-refractivity contribution in [3.8, 4) is 0 Å². The highest BCUT2D eigenvalue weighted by Crippen LogP contribution is 2.24. The molecule has 2 amide bonds. The van der Waals surface area contributed by atoms with E-state index in [4.69, 9.17) is 0 Å². The van der Waals surface area contributed by atoms with Crippen molar-refractivity contribution >= 4 is 23.2 Å². The average molecular weight is 298 g/mol. The van der Waals surface area contributed by atoms with Crippen LogP contribution in [0, 0.1) is 12.7 Å². The third-order valence-electron chi connectivity index (χ3n) is 3.71. The minimum Gasteiger partial charge on any atom is -0.326 e. The first-order chi connectivity index (χ1) is 10.5. The average Bonchev–Trinajstić information content (AvgIpc) is 2.50. The van der Waals surface area contributed by atoms with E-state index in [1.165, 1.54) is 12.1 Å². The Hall–Kier alpha value is -2.69. The van der Waals surface area contributed by atoms with Crippen molar-refractivity contribution in [1.29, 1.82) is 0 Å². The zero-order chi connectivity index (χ0) is 15.7. The van der Waals surface area contributed by atoms with Crippen molar-refractivity contribution in [2.45, 2.75) is 19.8 Å². The first kappa shape index (κ1) is 14.3. The Labute approximate surface area is 127 Å². The van der Waals surface area contributed by atoms with Gasteiger partial charge in [-0.15, -0.1) is 0 Å². The predicted octanol–water partition coefficient (Wildman–Crippen LogP) is 3.27. The summed E-state index contributed by atoms with van der Waals surface area (Å²) in [4.78, 5) is 23.6. The molecule has 0 saturated carbocycles. The van der Waals surface area contributed by atoms with Gasteiger partial charge in [0.05, 0.1) is 0 Å². The predicted molar refractivity (Wildman–Crippen MR) is 82.5 cm³/mol. The van der Waals surface area contributed by atoms with Crippen LogP contribution in [-0.4, -0.2) is 11.8 Å². The molecule has 22 heavy (non-hydrogen) atoms. The highest BCUT2D eigenvalue weighted by atomic mass is 19.1. The number of fused-ring (bicyclic) bond motifs is 1. The summed E-state index contributed by atoms with van der Waals surface area (Å²) >= 11 is 0. The van der Waals surface area contributed by atoms with Crippen LogP contribution >= 0.6 is 0 Å². The number of halogens is 1. The smallest absolute Gasteiger partial charge is 0.255 e. The largest absolute Gasteiger partial charge is 0.326 e. The molecule has 5 heteroatoms. The van der Waals surface area contributed by atoms with Crippen LogP contribution in [0.4, 0.5) is 15.8 Å². The van der Waals surface area contributed by atoms with E-state index in [-0.39, 0.29) is 11.8 Å². The molecule has 112 valence electrons. The Bertz CT molecular complexity index is 771. The number of carbonyl (C=O) groups is 2. The zero-order valence-electron chi connectivity index (χ0n) is 12.1. The van der Waals surface area contributed by atoms with Gasteiger partial charge in [-0.25, -0.2) is 4.39 Å². The molecule has 4 nitrogen and oxygen atoms in total. The van der Waals surface area contributed by atoms with E-state index in [1.54, 1.807) is 31.2 Å². The highest BCUT2D eigenvalue weighted by molar-refractivity contribution is 6.05. The van der Waals surface area contributed by atoms with Gasteiger partial charge in [0.1, 0.15) is 5.82 Å². The van der Waals surface area contributed by atoms with Crippen LogP contribution in [0.3, 0.4) is 0 Å². The van der Waals surface area contributed by atoms with Crippen LogP contribution in [0.15, 0.2) is 36.4 Å². The van der Waals surface area contributed by atoms with Crippen molar-refractivity contribution in [2.75, 3.05) is 10.6 Å². The fraction of sp³-hybridized carbons (Fsp3) is 0.176. The van der Waals surface area contributed by atoms with Crippen molar-refractivity contribution < 1.29 is 14.0 Å². The standard InChI is InChI=1S/C17H15FN2O2/c1-10-2-5-13(18)9-15(10)20-17(22)12-3-6-14-11(8-12)4-7-16(21)19-14/h2-3,5-6,8-9H,4,7H2,1H3,(H,19,21)(H,20,22). The van der Waals surface area contributed by atoms with E-state index in [2.05, 4.69) is 10.6 Å². The molecule has 2 aromatic carbocycles. The van der Waals surface area contributed by atoms with Gasteiger partial charge in [-0.3, -0.25) is 9.59 Å². The van der Waals surface area contributed by atoms with Crippen LogP contribution in [0.5, 0.6) is 0 Å². The van der Waals surface area contributed by atoms with Crippen molar-refractivity contribution in [1.82, 2.24) is 0 Å². The number of amides is 2. The number of rotatable bonds is 2. The van der Waals surface area contributed by atoms with Gasteiger partial charge >= 0.3 is 0 Å². The topological polar surface area (TPSA) is 58.2 Å². The van der Waals surface area contributed by atoms with Gasteiger partial charge < -0.3 is 10.6 Å². The summed E-state index contributed by atoms with van der Waals surface area (Å²) < 4.78 is 13.3. The fourth-order valence-corrected chi connectivity index (χ4v) is 2.45. The summed E-state index contributed by atoms with van der Waals surface area (Å²) in [5.41, 5.74) is 3.41. The van der Waals surface area contributed by atoms with Gasteiger partial charge in [0.15, 0.2) is 0 Å². The van der Waals surface area contributed by atoms with Gasteiger partial charge in [-0.2, -0.15) is 0 Å². The van der Waals surface area contributed by atoms with Gasteiger partial charge in [0.2, 0.25) is 5.91 Å². The minimum absolute atomic E-state index is 0.0138. The number of nitrogens with one attached hydrogen (secondary N) is 2. The summed E-state index contributed by atoms with van der Waals surface area (Å²) in [5.74, 6) is -0.706. The van der Waals surface area contributed by atoms with E-state index in [0.717, 1.165) is 16.8 Å². The molecular weight excluding hydrogens is 283 g/mol. The lowest BCUT2D eigenvalue weighted by molar-refractivity contribution is -0.116. The first-order valence-electron chi connectivity index (χ1n) is 7.03. The van der Waals surface area contributed by atoms with Crippen molar-refractivity contribution in [3.63, 3.8) is 0 Å². The second-order valence-electron chi connectivity index (χ2n) is 5.33. The Kier molecular flexibility index (Phi) is 3.63. The van der Waals surface area contributed by atoms with Gasteiger partial charge in [-0.1, -0.05) is 6.07 Å². The molecule has 0 aliphatic carbocycles. The number of hydrogen-bond donors (Lipinski definition) is 2. The molecule has 0 fully saturated rings. The lowest BCUT2D eigenvalue weighted by atomic mass is 10.00. The van der Waals surface area contributed by atoms with E-state index >= 15 is 0 Å². The lowest BCUT2D eigenvalue weighted by Gasteiger charge is -2.17. The normalized spacial score (nSPS) is 13.3. The monoisotopic (exact) mass is 298 g/mol. The molecule has 2 N–H and O–H groups in total. The third kappa shape index (κ3) is 2.83. The maximum Gasteiger partial charge on any atom is 0.255 e. The maximum absolute atomic E-state index is 13.3. The molecule has 0 unspecified atom stereocenters. The molecule has 0 radical (unpaired) electrons. The van der Waals surface area contributed by atoms with Crippen molar-refractivity contribution in [3.05, 3.63) is 58.9 Å². The summed E-state index contributed by atoms with van der Waals surface area (Å²) in [6.07, 6.45) is 1.03. The quantitative estimate of drug-likeness (QED) is 0.894. The maximum atomic E-state index is 13.3. The Morgan fingerprint density at radius 1 is 1.18 bits per heavy atom. The van der Waals surface area contributed by atoms with Crippen LogP contribution in [0.25, 0.3) is 0 Å². The molecule has 2 aromatic rings. The third-order valence-corrected chi connectivity index (χ3v) is 3.71. The molecule has 0 saturated heterocycles. The summed E-state index contributed by atoms with van der Waals surface area (Å²) in [7, 11) is 0. The van der Waals surface area contributed by atoms with Crippen LogP contribution < -0.4 is 10.6 Å². The molecule has 0 spiro atoms. The Morgan fingerprint density at radius 2 is 2.00 bits per heavy atom. The molecule has 1 aliphatic rings. The van der Waals surface area contributed by atoms with Crippen LogP contribution in [0.1, 0.15) is 27.9 Å². The van der Waals surface area contributed by atoms with Gasteiger partial charge in [0, 0.05) is 23.4 Å². The zero-order valence-corrected chi connectivity index (χ0v) is 12.1. The highest BCUT2D eigenvalue weighted by Gasteiger charge is 2.17. The van der Waals surface area contributed by atoms with Crippen LogP contribution in [0.2, 0.25) is 0 Å². The molecule has 3 rings (SSSR count). The second kappa shape index (κ2) is 5.60. The van der Waals surface area contributed by atoms with E-state index in [0.29, 0.717) is 24.1 Å². The second-order valence-corrected chi connectivity index (χ2v) is 5.33. The lowest BCUT2D eigenvalue weighted by Crippen LogP contribution is -2.20. The minimum atomic E-state index is -0.394. The Balaban J connectivity index is 1.84. The summed E-state index contributed by atoms with van der Waals surface area (Å²) in [6.45, 7) is 1.80. The van der Waals surface area contributed by atoms with Crippen molar-refractivity contribution in [2.24, 2.45) is 0 Å². The van der Waals surface area contributed by atoms with Crippen LogP contribution in [-0.2, 0) is 11.2 Å². The first-order valence-corrected chi connectivity index (χ1v) is 7.03. The van der Waals surface area contributed by atoms with E-state index < -0.39 is 5.82 Å². The number of anilines is 2. The molecule has 0 atom stereocenters. The van der Waals surface area contributed by atoms with Gasteiger partial charge in [0.25, 0.3) is 5.91 Å². The Morgan fingerprint density at radius 3 is 2.82 bits per heavy atom. The van der Waals surface area contributed by atoms with E-state index in [1.807, 2.05) is 0 Å².